The number of hydrogen-bond acceptors (Lipinski definition) is 6. The second-order valence-electron chi connectivity index (χ2n) is 5.81. The van der Waals surface area contributed by atoms with Crippen LogP contribution in [0.1, 0.15) is 17.3 Å². The van der Waals surface area contributed by atoms with E-state index in [1.54, 1.807) is 7.11 Å². The van der Waals surface area contributed by atoms with Gasteiger partial charge in [-0.25, -0.2) is 0 Å². The van der Waals surface area contributed by atoms with Crippen molar-refractivity contribution in [1.29, 1.82) is 0 Å². The van der Waals surface area contributed by atoms with E-state index in [1.807, 2.05) is 29.7 Å². The summed E-state index contributed by atoms with van der Waals surface area (Å²) in [5, 5.41) is 10.8. The van der Waals surface area contributed by atoms with Crippen LogP contribution in [0.2, 0.25) is 0 Å². The summed E-state index contributed by atoms with van der Waals surface area (Å²) in [5.41, 5.74) is 1.15. The predicted octanol–water partition coefficient (Wildman–Crippen LogP) is 3.40. The molecule has 1 aromatic heterocycles. The molecule has 0 N–H and O–H groups in total. The number of methoxy groups -OCH3 is 1. The molecule has 3 aromatic rings. The normalized spacial score (nSPS) is 11.7. The number of carbonyl (C=O) groups is 1. The molecule has 0 atom stereocenters. The minimum Gasteiger partial charge on any atom is -0.494 e. The molecule has 0 radical (unpaired) electrons. The molecule has 2 aromatic carbocycles. The lowest BCUT2D eigenvalue weighted by atomic mass is 10.2. The lowest BCUT2D eigenvalue weighted by molar-refractivity contribution is -0.384. The average molecular weight is 401 g/mol. The fourth-order valence-electron chi connectivity index (χ4n) is 2.67. The Morgan fingerprint density at radius 2 is 2.00 bits per heavy atom. The minimum absolute atomic E-state index is 0.0722. The highest BCUT2D eigenvalue weighted by atomic mass is 32.1. The number of nitrogens with zero attached hydrogens (tertiary/aromatic N) is 3. The highest BCUT2D eigenvalue weighted by Crippen LogP contribution is 2.23. The van der Waals surface area contributed by atoms with Crippen molar-refractivity contribution >= 4 is 33.1 Å². The number of aromatic nitrogens is 1. The molecular weight excluding hydrogens is 382 g/mol. The van der Waals surface area contributed by atoms with Crippen LogP contribution in [0, 0.1) is 10.1 Å². The Bertz CT molecular complexity index is 1070. The molecule has 0 unspecified atom stereocenters. The van der Waals surface area contributed by atoms with Gasteiger partial charge in [-0.3, -0.25) is 14.9 Å². The van der Waals surface area contributed by atoms with Gasteiger partial charge in [0.1, 0.15) is 5.75 Å². The molecule has 0 bridgehead atoms. The van der Waals surface area contributed by atoms with E-state index in [4.69, 9.17) is 9.47 Å². The maximum atomic E-state index is 12.6. The van der Waals surface area contributed by atoms with Gasteiger partial charge in [-0.15, -0.1) is 0 Å². The van der Waals surface area contributed by atoms with Crippen molar-refractivity contribution in [3.05, 3.63) is 62.9 Å². The summed E-state index contributed by atoms with van der Waals surface area (Å²) in [6.07, 6.45) is 0. The van der Waals surface area contributed by atoms with E-state index in [1.165, 1.54) is 35.6 Å². The third kappa shape index (κ3) is 4.26. The number of nitro benzene ring substituents is 1. The van der Waals surface area contributed by atoms with E-state index in [0.29, 0.717) is 24.6 Å². The first-order chi connectivity index (χ1) is 13.5. The highest BCUT2D eigenvalue weighted by molar-refractivity contribution is 7.16. The smallest absolute Gasteiger partial charge is 0.279 e. The molecule has 146 valence electrons. The second-order valence-corrected chi connectivity index (χ2v) is 6.82. The first-order valence-electron chi connectivity index (χ1n) is 8.62. The zero-order valence-corrected chi connectivity index (χ0v) is 16.3. The number of amides is 1. The fourth-order valence-corrected chi connectivity index (χ4v) is 3.75. The van der Waals surface area contributed by atoms with Gasteiger partial charge in [-0.1, -0.05) is 11.3 Å². The Kier molecular flexibility index (Phi) is 6.17. The minimum atomic E-state index is -0.508. The summed E-state index contributed by atoms with van der Waals surface area (Å²) in [6, 6.07) is 11.1. The maximum Gasteiger partial charge on any atom is 0.279 e. The number of fused-ring (bicyclic) bond motifs is 1. The number of benzene rings is 2. The average Bonchev–Trinajstić information content (AvgIpc) is 3.02. The number of rotatable bonds is 7. The van der Waals surface area contributed by atoms with Crippen molar-refractivity contribution in [2.75, 3.05) is 20.3 Å². The summed E-state index contributed by atoms with van der Waals surface area (Å²) >= 11 is 1.38. The molecule has 1 heterocycles. The molecule has 3 rings (SSSR count). The van der Waals surface area contributed by atoms with Crippen molar-refractivity contribution in [2.24, 2.45) is 4.99 Å². The zero-order valence-electron chi connectivity index (χ0n) is 15.5. The first-order valence-corrected chi connectivity index (χ1v) is 9.43. The number of carbonyl (C=O) groups excluding carboxylic acids is 1. The molecule has 0 saturated carbocycles. The van der Waals surface area contributed by atoms with Gasteiger partial charge in [0.25, 0.3) is 11.6 Å². The number of ether oxygens (including phenoxy) is 2. The Hall–Kier alpha value is -3.04. The monoisotopic (exact) mass is 401 g/mol. The van der Waals surface area contributed by atoms with Gasteiger partial charge in [0.15, 0.2) is 4.80 Å². The van der Waals surface area contributed by atoms with Gasteiger partial charge in [0.2, 0.25) is 0 Å². The Morgan fingerprint density at radius 3 is 2.64 bits per heavy atom. The number of thiazole rings is 1. The third-order valence-corrected chi connectivity index (χ3v) is 5.05. The van der Waals surface area contributed by atoms with E-state index in [0.717, 1.165) is 16.0 Å². The van der Waals surface area contributed by atoms with E-state index in [9.17, 15) is 14.9 Å². The SMILES string of the molecule is CCOc1ccc2c(c1)sc(=NC(=O)c1ccc([N+](=O)[O-])cc1)n2CCOC. The van der Waals surface area contributed by atoms with Crippen molar-refractivity contribution in [1.82, 2.24) is 4.57 Å². The summed E-state index contributed by atoms with van der Waals surface area (Å²) in [6.45, 7) is 3.49. The van der Waals surface area contributed by atoms with Crippen LogP contribution >= 0.6 is 11.3 Å². The van der Waals surface area contributed by atoms with Gasteiger partial charge in [0.05, 0.1) is 28.4 Å². The largest absolute Gasteiger partial charge is 0.494 e. The van der Waals surface area contributed by atoms with Crippen molar-refractivity contribution < 1.29 is 19.2 Å². The van der Waals surface area contributed by atoms with Crippen LogP contribution < -0.4 is 9.54 Å². The third-order valence-electron chi connectivity index (χ3n) is 4.01. The Labute approximate surface area is 164 Å². The van der Waals surface area contributed by atoms with Crippen LogP contribution in [-0.4, -0.2) is 35.7 Å². The summed E-state index contributed by atoms with van der Waals surface area (Å²) in [4.78, 5) is 27.6. The van der Waals surface area contributed by atoms with Crippen molar-refractivity contribution in [3.8, 4) is 5.75 Å². The number of nitro groups is 1. The lowest BCUT2D eigenvalue weighted by Crippen LogP contribution is -2.19. The first kappa shape index (κ1) is 19.7. The quantitative estimate of drug-likeness (QED) is 0.447. The standard InChI is InChI=1S/C19H19N3O5S/c1-3-27-15-8-9-16-17(12-15)28-19(21(16)10-11-26-2)20-18(23)13-4-6-14(7-5-13)22(24)25/h4-9,12H,3,10-11H2,1-2H3. The van der Waals surface area contributed by atoms with Gasteiger partial charge in [0, 0.05) is 31.4 Å². The summed E-state index contributed by atoms with van der Waals surface area (Å²) in [5.74, 6) is 0.293. The zero-order chi connectivity index (χ0) is 20.1. The molecule has 1 amide bonds. The van der Waals surface area contributed by atoms with Gasteiger partial charge < -0.3 is 14.0 Å². The van der Waals surface area contributed by atoms with Crippen molar-refractivity contribution in [2.45, 2.75) is 13.5 Å². The molecular formula is C19H19N3O5S. The number of non-ortho nitro benzene ring substituents is 1. The molecule has 0 spiro atoms. The van der Waals surface area contributed by atoms with Gasteiger partial charge >= 0.3 is 0 Å². The van der Waals surface area contributed by atoms with Gasteiger partial charge in [-0.2, -0.15) is 4.99 Å². The van der Waals surface area contributed by atoms with E-state index in [-0.39, 0.29) is 11.3 Å². The molecule has 0 aliphatic rings. The van der Waals surface area contributed by atoms with Crippen LogP contribution in [0.25, 0.3) is 10.2 Å². The maximum absolute atomic E-state index is 12.6. The van der Waals surface area contributed by atoms with Crippen LogP contribution in [0.4, 0.5) is 5.69 Å². The van der Waals surface area contributed by atoms with Crippen LogP contribution in [0.15, 0.2) is 47.5 Å². The lowest BCUT2D eigenvalue weighted by Gasteiger charge is -2.05. The van der Waals surface area contributed by atoms with Gasteiger partial charge in [-0.05, 0) is 37.3 Å². The molecule has 0 saturated heterocycles. The van der Waals surface area contributed by atoms with Crippen LogP contribution in [0.3, 0.4) is 0 Å². The van der Waals surface area contributed by atoms with Crippen LogP contribution in [-0.2, 0) is 11.3 Å². The molecule has 9 heteroatoms. The highest BCUT2D eigenvalue weighted by Gasteiger charge is 2.12. The summed E-state index contributed by atoms with van der Waals surface area (Å²) < 4.78 is 13.6. The topological polar surface area (TPSA) is 96.0 Å². The molecule has 8 nitrogen and oxygen atoms in total. The summed E-state index contributed by atoms with van der Waals surface area (Å²) in [7, 11) is 1.61. The second kappa shape index (κ2) is 8.77. The Balaban J connectivity index is 2.03. The fraction of sp³-hybridized carbons (Fsp3) is 0.263. The molecule has 28 heavy (non-hydrogen) atoms. The molecule has 0 fully saturated rings. The molecule has 0 aliphatic heterocycles. The van der Waals surface area contributed by atoms with E-state index < -0.39 is 10.8 Å². The Morgan fingerprint density at radius 1 is 1.25 bits per heavy atom. The molecule has 0 aliphatic carbocycles. The van der Waals surface area contributed by atoms with Crippen LogP contribution in [0.5, 0.6) is 5.75 Å². The predicted molar refractivity (Wildman–Crippen MR) is 106 cm³/mol. The number of hydrogen-bond donors (Lipinski definition) is 0. The van der Waals surface area contributed by atoms with E-state index in [2.05, 4.69) is 4.99 Å². The van der Waals surface area contributed by atoms with E-state index >= 15 is 0 Å². The van der Waals surface area contributed by atoms with Crippen molar-refractivity contribution in [3.63, 3.8) is 0 Å².